The van der Waals surface area contributed by atoms with Crippen LogP contribution in [-0.4, -0.2) is 46.4 Å². The van der Waals surface area contributed by atoms with E-state index in [0.717, 1.165) is 24.0 Å². The van der Waals surface area contributed by atoms with E-state index in [0.29, 0.717) is 12.5 Å². The number of hydrogen-bond acceptors (Lipinski definition) is 4. The fraction of sp³-hybridized carbons (Fsp3) is 0.533. The van der Waals surface area contributed by atoms with Gasteiger partial charge in [-0.2, -0.15) is 0 Å². The van der Waals surface area contributed by atoms with Crippen LogP contribution in [0.5, 0.6) is 5.75 Å². The van der Waals surface area contributed by atoms with Gasteiger partial charge in [-0.25, -0.2) is 13.1 Å². The average molecular weight is 470 g/mol. The van der Waals surface area contributed by atoms with E-state index in [1.54, 1.807) is 21.0 Å². The van der Waals surface area contributed by atoms with Gasteiger partial charge in [0.05, 0.1) is 19.9 Å². The van der Waals surface area contributed by atoms with Crippen LogP contribution in [0.4, 0.5) is 0 Å². The van der Waals surface area contributed by atoms with Gasteiger partial charge >= 0.3 is 0 Å². The number of methoxy groups -OCH3 is 1. The van der Waals surface area contributed by atoms with Gasteiger partial charge in [0, 0.05) is 12.1 Å². The minimum absolute atomic E-state index is 0. The molecule has 1 aromatic carbocycles. The quantitative estimate of drug-likeness (QED) is 0.300. The number of hydrogen-bond donors (Lipinski definition) is 3. The monoisotopic (exact) mass is 470 g/mol. The van der Waals surface area contributed by atoms with Crippen LogP contribution in [0.1, 0.15) is 19.4 Å². The van der Waals surface area contributed by atoms with Crippen molar-refractivity contribution in [2.24, 2.45) is 10.7 Å². The number of halogens is 1. The smallest absolute Gasteiger partial charge is 0.209 e. The maximum absolute atomic E-state index is 11.3. The van der Waals surface area contributed by atoms with Gasteiger partial charge in [-0.05, 0) is 38.0 Å². The second-order valence-electron chi connectivity index (χ2n) is 5.98. The Morgan fingerprint density at radius 1 is 1.29 bits per heavy atom. The summed E-state index contributed by atoms with van der Waals surface area (Å²) < 4.78 is 30.1. The predicted octanol–water partition coefficient (Wildman–Crippen LogP) is 1.09. The highest BCUT2D eigenvalue weighted by molar-refractivity contribution is 14.0. The minimum Gasteiger partial charge on any atom is -0.497 e. The molecule has 138 valence electrons. The van der Waals surface area contributed by atoms with E-state index in [2.05, 4.69) is 15.0 Å². The first-order chi connectivity index (χ1) is 10.6. The molecule has 0 aromatic heterocycles. The molecular weight excluding hydrogens is 443 g/mol. The van der Waals surface area contributed by atoms with Crippen molar-refractivity contribution in [2.45, 2.75) is 25.8 Å². The van der Waals surface area contributed by atoms with Gasteiger partial charge in [0.15, 0.2) is 5.96 Å². The van der Waals surface area contributed by atoms with Crippen molar-refractivity contribution in [2.75, 3.05) is 26.5 Å². The number of guanidine groups is 1. The second kappa shape index (κ2) is 10.0. The summed E-state index contributed by atoms with van der Waals surface area (Å²) in [4.78, 5) is 4.17. The summed E-state index contributed by atoms with van der Waals surface area (Å²) in [7, 11) is -1.65. The Labute approximate surface area is 161 Å². The number of ether oxygens (including phenoxy) is 1. The molecule has 0 saturated heterocycles. The van der Waals surface area contributed by atoms with Crippen molar-refractivity contribution in [3.63, 3.8) is 0 Å². The zero-order chi connectivity index (χ0) is 17.5. The van der Waals surface area contributed by atoms with Crippen molar-refractivity contribution >= 4 is 40.0 Å². The first-order valence-corrected chi connectivity index (χ1v) is 9.16. The Bertz CT molecular complexity index is 631. The molecule has 0 fully saturated rings. The zero-order valence-corrected chi connectivity index (χ0v) is 17.6. The van der Waals surface area contributed by atoms with E-state index in [9.17, 15) is 8.42 Å². The van der Waals surface area contributed by atoms with Crippen LogP contribution < -0.4 is 20.5 Å². The summed E-state index contributed by atoms with van der Waals surface area (Å²) in [5.41, 5.74) is 6.27. The van der Waals surface area contributed by atoms with Gasteiger partial charge < -0.3 is 15.8 Å². The maximum atomic E-state index is 11.3. The molecule has 0 amide bonds. The summed E-state index contributed by atoms with van der Waals surface area (Å²) in [5, 5.41) is 3.01. The Balaban J connectivity index is 0.00000529. The lowest BCUT2D eigenvalue weighted by Crippen LogP contribution is -2.46. The molecule has 24 heavy (non-hydrogen) atoms. The van der Waals surface area contributed by atoms with Crippen LogP contribution in [-0.2, 0) is 16.4 Å². The van der Waals surface area contributed by atoms with E-state index < -0.39 is 15.6 Å². The fourth-order valence-electron chi connectivity index (χ4n) is 2.00. The molecule has 0 aliphatic rings. The van der Waals surface area contributed by atoms with Gasteiger partial charge in [0.2, 0.25) is 10.0 Å². The van der Waals surface area contributed by atoms with Gasteiger partial charge in [0.1, 0.15) is 5.75 Å². The number of sulfonamides is 1. The lowest BCUT2D eigenvalue weighted by atomic mass is 10.1. The summed E-state index contributed by atoms with van der Waals surface area (Å²) in [6.45, 7) is 4.40. The van der Waals surface area contributed by atoms with Gasteiger partial charge in [0.25, 0.3) is 0 Å². The lowest BCUT2D eigenvalue weighted by molar-refractivity contribution is 0.414. The topological polar surface area (TPSA) is 106 Å². The number of nitrogens with one attached hydrogen (secondary N) is 2. The molecule has 0 atom stereocenters. The van der Waals surface area contributed by atoms with Crippen molar-refractivity contribution < 1.29 is 13.2 Å². The molecule has 0 saturated carbocycles. The van der Waals surface area contributed by atoms with Crippen LogP contribution in [0.2, 0.25) is 0 Å². The molecule has 0 heterocycles. The Morgan fingerprint density at radius 3 is 2.38 bits per heavy atom. The highest BCUT2D eigenvalue weighted by Gasteiger charge is 2.21. The molecule has 0 radical (unpaired) electrons. The van der Waals surface area contributed by atoms with Crippen molar-refractivity contribution in [3.05, 3.63) is 29.8 Å². The normalized spacial score (nSPS) is 12.4. The molecular formula is C15H27IN4O3S. The van der Waals surface area contributed by atoms with Crippen LogP contribution >= 0.6 is 24.0 Å². The largest absolute Gasteiger partial charge is 0.497 e. The molecule has 0 unspecified atom stereocenters. The lowest BCUT2D eigenvalue weighted by Gasteiger charge is -2.22. The molecule has 7 nitrogen and oxygen atoms in total. The van der Waals surface area contributed by atoms with Crippen LogP contribution in [0.3, 0.4) is 0 Å². The summed E-state index contributed by atoms with van der Waals surface area (Å²) in [5.74, 6) is 1.12. The maximum Gasteiger partial charge on any atom is 0.209 e. The molecule has 0 spiro atoms. The van der Waals surface area contributed by atoms with E-state index in [1.807, 2.05) is 24.3 Å². The molecule has 0 bridgehead atoms. The molecule has 0 aliphatic heterocycles. The molecule has 4 N–H and O–H groups in total. The Morgan fingerprint density at radius 2 is 1.88 bits per heavy atom. The first kappa shape index (κ1) is 22.9. The van der Waals surface area contributed by atoms with Gasteiger partial charge in [-0.3, -0.25) is 4.99 Å². The standard InChI is InChI=1S/C15H26N4O3S.HI/c1-15(2,19-23(4,20)21)11-18-14(16)17-10-9-12-5-7-13(22-3)8-6-12;/h5-8,19H,9-11H2,1-4H3,(H3,16,17,18);1H. The summed E-state index contributed by atoms with van der Waals surface area (Å²) in [6, 6.07) is 7.80. The highest BCUT2D eigenvalue weighted by atomic mass is 127. The molecule has 9 heteroatoms. The minimum atomic E-state index is -3.28. The molecule has 1 aromatic rings. The van der Waals surface area contributed by atoms with E-state index in [-0.39, 0.29) is 30.5 Å². The van der Waals surface area contributed by atoms with E-state index in [1.165, 1.54) is 0 Å². The Hall–Kier alpha value is -1.07. The van der Waals surface area contributed by atoms with Gasteiger partial charge in [-0.1, -0.05) is 12.1 Å². The summed E-state index contributed by atoms with van der Waals surface area (Å²) >= 11 is 0. The number of rotatable bonds is 8. The van der Waals surface area contributed by atoms with Crippen LogP contribution in [0, 0.1) is 0 Å². The number of nitrogens with zero attached hydrogens (tertiary/aromatic N) is 1. The van der Waals surface area contributed by atoms with Crippen molar-refractivity contribution in [1.82, 2.24) is 10.0 Å². The first-order valence-electron chi connectivity index (χ1n) is 7.27. The third kappa shape index (κ3) is 9.93. The van der Waals surface area contributed by atoms with Crippen molar-refractivity contribution in [1.29, 1.82) is 0 Å². The van der Waals surface area contributed by atoms with E-state index in [4.69, 9.17) is 10.5 Å². The zero-order valence-electron chi connectivity index (χ0n) is 14.5. The summed E-state index contributed by atoms with van der Waals surface area (Å²) in [6.07, 6.45) is 1.92. The van der Waals surface area contributed by atoms with Crippen molar-refractivity contribution in [3.8, 4) is 5.75 Å². The predicted molar refractivity (Wildman–Crippen MR) is 109 cm³/mol. The third-order valence-corrected chi connectivity index (χ3v) is 3.91. The second-order valence-corrected chi connectivity index (χ2v) is 7.73. The highest BCUT2D eigenvalue weighted by Crippen LogP contribution is 2.11. The number of nitrogens with two attached hydrogens (primary N) is 1. The average Bonchev–Trinajstić information content (AvgIpc) is 2.43. The van der Waals surface area contributed by atoms with Gasteiger partial charge in [-0.15, -0.1) is 24.0 Å². The number of benzene rings is 1. The fourth-order valence-corrected chi connectivity index (χ4v) is 3.07. The van der Waals surface area contributed by atoms with Crippen LogP contribution in [0.15, 0.2) is 29.3 Å². The molecule has 1 rings (SSSR count). The van der Waals surface area contributed by atoms with E-state index >= 15 is 0 Å². The Kier molecular flexibility index (Phi) is 9.59. The number of aliphatic imine (C=N–C) groups is 1. The SMILES string of the molecule is COc1ccc(CCNC(N)=NCC(C)(C)NS(C)(=O)=O)cc1.I. The molecule has 0 aliphatic carbocycles. The third-order valence-electron chi connectivity index (χ3n) is 2.99. The van der Waals surface area contributed by atoms with Crippen LogP contribution in [0.25, 0.3) is 0 Å².